The molecule has 0 unspecified atom stereocenters. The molecule has 1 aliphatic carbocycles. The van der Waals surface area contributed by atoms with Crippen molar-refractivity contribution in [2.45, 2.75) is 51.1 Å². The number of hydrogen-bond donors (Lipinski definition) is 1. The maximum Gasteiger partial charge on any atom is 0.253 e. The fourth-order valence-corrected chi connectivity index (χ4v) is 4.84. The van der Waals surface area contributed by atoms with Crippen LogP contribution >= 0.6 is 0 Å². The molecule has 8 heteroatoms. The fraction of sp³-hybridized carbons (Fsp3) is 0.545. The average Bonchev–Trinajstić information content (AvgIpc) is 3.25. The number of nitrogens with one attached hydrogen (secondary N) is 1. The van der Waals surface area contributed by atoms with E-state index in [2.05, 4.69) is 37.5 Å². The number of pyridine rings is 1. The average molecular weight is 409 g/mol. The smallest absolute Gasteiger partial charge is 0.253 e. The lowest BCUT2D eigenvalue weighted by atomic mass is 9.95. The zero-order valence-electron chi connectivity index (χ0n) is 17.4. The van der Waals surface area contributed by atoms with E-state index < -0.39 is 0 Å². The van der Waals surface area contributed by atoms with E-state index >= 15 is 0 Å². The number of hydrogen-bond acceptors (Lipinski definition) is 6. The van der Waals surface area contributed by atoms with Gasteiger partial charge in [0.15, 0.2) is 5.82 Å². The first kappa shape index (κ1) is 19.4. The highest BCUT2D eigenvalue weighted by molar-refractivity contribution is 5.79. The summed E-state index contributed by atoms with van der Waals surface area (Å²) < 4.78 is 7.56. The molecule has 0 bridgehead atoms. The first-order valence-electron chi connectivity index (χ1n) is 10.9. The molecule has 1 aliphatic heterocycles. The summed E-state index contributed by atoms with van der Waals surface area (Å²) in [6.07, 6.45) is 5.83. The summed E-state index contributed by atoms with van der Waals surface area (Å²) in [5, 5.41) is 13.9. The minimum Gasteiger partial charge on any atom is -0.379 e. The zero-order valence-corrected chi connectivity index (χ0v) is 17.4. The Labute approximate surface area is 175 Å². The highest BCUT2D eigenvalue weighted by atomic mass is 16.5. The normalized spacial score (nSPS) is 19.9. The first-order valence-corrected chi connectivity index (χ1v) is 10.9. The molecule has 3 heterocycles. The van der Waals surface area contributed by atoms with Crippen molar-refractivity contribution in [2.24, 2.45) is 0 Å². The van der Waals surface area contributed by atoms with Gasteiger partial charge in [0.05, 0.1) is 19.3 Å². The predicted molar refractivity (Wildman–Crippen MR) is 113 cm³/mol. The van der Waals surface area contributed by atoms with Gasteiger partial charge in [0, 0.05) is 24.2 Å². The molecule has 8 nitrogen and oxygen atoms in total. The molecule has 5 rings (SSSR count). The van der Waals surface area contributed by atoms with Crippen molar-refractivity contribution < 1.29 is 4.74 Å². The molecule has 158 valence electrons. The van der Waals surface area contributed by atoms with Gasteiger partial charge in [0.25, 0.3) is 5.56 Å². The van der Waals surface area contributed by atoms with Crippen LogP contribution in [-0.4, -0.2) is 56.4 Å². The van der Waals surface area contributed by atoms with Crippen LogP contribution in [0.4, 0.5) is 0 Å². The van der Waals surface area contributed by atoms with Gasteiger partial charge < -0.3 is 9.72 Å². The van der Waals surface area contributed by atoms with E-state index in [9.17, 15) is 4.79 Å². The van der Waals surface area contributed by atoms with E-state index in [4.69, 9.17) is 4.74 Å². The van der Waals surface area contributed by atoms with Crippen LogP contribution < -0.4 is 5.56 Å². The molecule has 1 saturated carbocycles. The van der Waals surface area contributed by atoms with E-state index in [0.717, 1.165) is 48.2 Å². The van der Waals surface area contributed by atoms with Crippen molar-refractivity contribution in [3.8, 4) is 0 Å². The number of morpholine rings is 1. The molecule has 30 heavy (non-hydrogen) atoms. The predicted octanol–water partition coefficient (Wildman–Crippen LogP) is 2.75. The van der Waals surface area contributed by atoms with E-state index in [1.807, 2.05) is 23.7 Å². The molecule has 2 aliphatic rings. The lowest BCUT2D eigenvalue weighted by Crippen LogP contribution is -2.42. The van der Waals surface area contributed by atoms with Crippen LogP contribution in [0.15, 0.2) is 29.1 Å². The van der Waals surface area contributed by atoms with Gasteiger partial charge in [0.1, 0.15) is 6.04 Å². The van der Waals surface area contributed by atoms with Gasteiger partial charge in [0.2, 0.25) is 0 Å². The van der Waals surface area contributed by atoms with Crippen LogP contribution in [-0.2, 0) is 4.74 Å². The van der Waals surface area contributed by atoms with Crippen molar-refractivity contribution in [2.75, 3.05) is 26.3 Å². The summed E-state index contributed by atoms with van der Waals surface area (Å²) in [5.74, 6) is 0.765. The number of rotatable bonds is 4. The van der Waals surface area contributed by atoms with Gasteiger partial charge in [-0.3, -0.25) is 9.69 Å². The number of aromatic amines is 1. The van der Waals surface area contributed by atoms with Gasteiger partial charge in [-0.05, 0) is 53.3 Å². The maximum atomic E-state index is 13.2. The van der Waals surface area contributed by atoms with Gasteiger partial charge in [-0.25, -0.2) is 4.68 Å². The molecule has 2 aromatic heterocycles. The number of nitrogens with zero attached hydrogens (tertiary/aromatic N) is 5. The number of aromatic nitrogens is 5. The summed E-state index contributed by atoms with van der Waals surface area (Å²) >= 11 is 0. The fourth-order valence-electron chi connectivity index (χ4n) is 4.84. The Bertz CT molecular complexity index is 1080. The van der Waals surface area contributed by atoms with Gasteiger partial charge in [-0.2, -0.15) is 0 Å². The molecule has 1 aromatic carbocycles. The van der Waals surface area contributed by atoms with Crippen LogP contribution in [0.1, 0.15) is 61.1 Å². The number of H-pyrrole nitrogens is 1. The third kappa shape index (κ3) is 3.65. The summed E-state index contributed by atoms with van der Waals surface area (Å²) in [5.41, 5.74) is 2.59. The maximum absolute atomic E-state index is 13.2. The summed E-state index contributed by atoms with van der Waals surface area (Å²) in [6, 6.07) is 8.16. The molecule has 0 amide bonds. The SMILES string of the molecule is Cc1ccc2cc([C@H](c3nnnn3C3CCCCC3)N3CCOCC3)c(=O)[nH]c2c1. The molecule has 1 atom stereocenters. The number of ether oxygens (including phenoxy) is 1. The second-order valence-corrected chi connectivity index (χ2v) is 8.47. The second-order valence-electron chi connectivity index (χ2n) is 8.47. The van der Waals surface area contributed by atoms with E-state index in [1.165, 1.54) is 19.3 Å². The van der Waals surface area contributed by atoms with Crippen molar-refractivity contribution in [3.05, 3.63) is 51.6 Å². The van der Waals surface area contributed by atoms with E-state index in [-0.39, 0.29) is 11.6 Å². The zero-order chi connectivity index (χ0) is 20.5. The molecule has 0 spiro atoms. The lowest BCUT2D eigenvalue weighted by Gasteiger charge is -2.34. The summed E-state index contributed by atoms with van der Waals surface area (Å²) in [7, 11) is 0. The molecule has 1 saturated heterocycles. The van der Waals surface area contributed by atoms with Crippen molar-refractivity contribution in [1.29, 1.82) is 0 Å². The lowest BCUT2D eigenvalue weighted by molar-refractivity contribution is 0.0209. The second kappa shape index (κ2) is 8.28. The van der Waals surface area contributed by atoms with Gasteiger partial charge in [-0.15, -0.1) is 5.10 Å². The molecular formula is C22H28N6O2. The van der Waals surface area contributed by atoms with E-state index in [0.29, 0.717) is 24.8 Å². The van der Waals surface area contributed by atoms with Crippen LogP contribution in [0.2, 0.25) is 0 Å². The minimum atomic E-state index is -0.291. The molecule has 2 fully saturated rings. The standard InChI is InChI=1S/C22H28N6O2/c1-15-7-8-16-14-18(22(29)23-19(16)13-15)20(27-9-11-30-12-10-27)21-24-25-26-28(21)17-5-3-2-4-6-17/h7-8,13-14,17,20H,2-6,9-12H2,1H3,(H,23,29)/t20-/m1/s1. The summed E-state index contributed by atoms with van der Waals surface area (Å²) in [6.45, 7) is 4.81. The van der Waals surface area contributed by atoms with Crippen LogP contribution in [0.5, 0.6) is 0 Å². The molecular weight excluding hydrogens is 380 g/mol. The Balaban J connectivity index is 1.63. The number of benzene rings is 1. The highest BCUT2D eigenvalue weighted by Crippen LogP contribution is 2.33. The molecule has 1 N–H and O–H groups in total. The van der Waals surface area contributed by atoms with E-state index in [1.54, 1.807) is 0 Å². The minimum absolute atomic E-state index is 0.0808. The van der Waals surface area contributed by atoms with Crippen molar-refractivity contribution in [1.82, 2.24) is 30.1 Å². The molecule has 3 aromatic rings. The van der Waals surface area contributed by atoms with Crippen molar-refractivity contribution >= 4 is 10.9 Å². The molecule has 0 radical (unpaired) electrons. The van der Waals surface area contributed by atoms with Crippen LogP contribution in [0.25, 0.3) is 10.9 Å². The Hall–Kier alpha value is -2.58. The monoisotopic (exact) mass is 408 g/mol. The third-order valence-corrected chi connectivity index (χ3v) is 6.42. The van der Waals surface area contributed by atoms with Gasteiger partial charge >= 0.3 is 0 Å². The Kier molecular flexibility index (Phi) is 5.35. The Morgan fingerprint density at radius 1 is 1.13 bits per heavy atom. The summed E-state index contributed by atoms with van der Waals surface area (Å²) in [4.78, 5) is 18.6. The number of aryl methyl sites for hydroxylation is 1. The third-order valence-electron chi connectivity index (χ3n) is 6.42. The number of tetrazole rings is 1. The van der Waals surface area contributed by atoms with Gasteiger partial charge in [-0.1, -0.05) is 31.4 Å². The quantitative estimate of drug-likeness (QED) is 0.714. The largest absolute Gasteiger partial charge is 0.379 e. The van der Waals surface area contributed by atoms with Crippen LogP contribution in [0.3, 0.4) is 0 Å². The van der Waals surface area contributed by atoms with Crippen molar-refractivity contribution in [3.63, 3.8) is 0 Å². The first-order chi connectivity index (χ1) is 14.7. The number of fused-ring (bicyclic) bond motifs is 1. The topological polar surface area (TPSA) is 88.9 Å². The highest BCUT2D eigenvalue weighted by Gasteiger charge is 2.33. The Morgan fingerprint density at radius 2 is 1.93 bits per heavy atom. The Morgan fingerprint density at radius 3 is 2.73 bits per heavy atom. The van der Waals surface area contributed by atoms with Crippen LogP contribution in [0, 0.1) is 6.92 Å².